The molecule has 0 N–H and O–H groups in total. The summed E-state index contributed by atoms with van der Waals surface area (Å²) in [7, 11) is 0. The van der Waals surface area contributed by atoms with Crippen LogP contribution >= 0.6 is 0 Å². The van der Waals surface area contributed by atoms with Crippen molar-refractivity contribution in [2.24, 2.45) is 0 Å². The van der Waals surface area contributed by atoms with Crippen molar-refractivity contribution >= 4 is 10.8 Å². The van der Waals surface area contributed by atoms with E-state index in [0.29, 0.717) is 0 Å². The molecule has 0 atom stereocenters. The molecule has 0 spiro atoms. The molecule has 0 amide bonds. The van der Waals surface area contributed by atoms with Crippen molar-refractivity contribution in [2.75, 3.05) is 0 Å². The first kappa shape index (κ1) is 21.1. The molecule has 0 saturated carbocycles. The van der Waals surface area contributed by atoms with Crippen molar-refractivity contribution in [2.45, 2.75) is 60.8 Å². The summed E-state index contributed by atoms with van der Waals surface area (Å²) in [5, 5.41) is 2.73. The predicted molar refractivity (Wildman–Crippen MR) is 104 cm³/mol. The van der Waals surface area contributed by atoms with E-state index in [-0.39, 0.29) is 26.2 Å². The fraction of sp³-hybridized carbons (Fsp3) is 0.391. The van der Waals surface area contributed by atoms with Gasteiger partial charge in [0.2, 0.25) is 0 Å². The number of benzene rings is 1. The Bertz CT molecular complexity index is 712. The van der Waals surface area contributed by atoms with Gasteiger partial charge in [-0.1, -0.05) is 60.5 Å². The number of fused-ring (bicyclic) bond motifs is 1. The minimum absolute atomic E-state index is 0. The van der Waals surface area contributed by atoms with Gasteiger partial charge in [0, 0.05) is 0 Å². The number of hydrogen-bond acceptors (Lipinski definition) is 0. The fourth-order valence-corrected chi connectivity index (χ4v) is 3.34. The van der Waals surface area contributed by atoms with Crippen LogP contribution in [0.1, 0.15) is 53.6 Å². The first-order valence-corrected chi connectivity index (χ1v) is 8.85. The van der Waals surface area contributed by atoms with E-state index in [9.17, 15) is 0 Å². The molecule has 0 aliphatic rings. The minimum Gasteiger partial charge on any atom is -0.196 e. The summed E-state index contributed by atoms with van der Waals surface area (Å²) in [5.74, 6) is 0. The standard InChI is InChI=1S/C12H19.C11H11.Zr/c1-6-7-12-10(4)8(2)9(3)11(12)5;1-2-9-7-10-5-3-4-6-11(10)8-9;/h6-7H2,1-5H3;3-8H,2H2,1H3;/q2*-1;+2. The van der Waals surface area contributed by atoms with E-state index < -0.39 is 0 Å². The Morgan fingerprint density at radius 1 is 1.00 bits per heavy atom. The van der Waals surface area contributed by atoms with E-state index in [4.69, 9.17) is 0 Å². The molecule has 3 rings (SSSR count). The Morgan fingerprint density at radius 2 is 1.67 bits per heavy atom. The van der Waals surface area contributed by atoms with Gasteiger partial charge in [-0.05, 0) is 6.42 Å². The van der Waals surface area contributed by atoms with E-state index >= 15 is 0 Å². The third-order valence-corrected chi connectivity index (χ3v) is 5.18. The van der Waals surface area contributed by atoms with Gasteiger partial charge in [-0.25, -0.2) is 0 Å². The molecule has 24 heavy (non-hydrogen) atoms. The maximum absolute atomic E-state index is 2.26. The van der Waals surface area contributed by atoms with E-state index in [1.54, 1.807) is 5.56 Å². The van der Waals surface area contributed by atoms with Crippen LogP contribution in [-0.2, 0) is 39.0 Å². The van der Waals surface area contributed by atoms with Gasteiger partial charge >= 0.3 is 26.2 Å². The normalized spacial score (nSPS) is 10.2. The molecule has 0 saturated heterocycles. The summed E-state index contributed by atoms with van der Waals surface area (Å²) in [6, 6.07) is 13.0. The molecule has 3 aromatic carbocycles. The van der Waals surface area contributed by atoms with Gasteiger partial charge in [0.1, 0.15) is 0 Å². The smallest absolute Gasteiger partial charge is 0.196 e. The third-order valence-electron chi connectivity index (χ3n) is 5.18. The predicted octanol–water partition coefficient (Wildman–Crippen LogP) is 6.71. The molecular weight excluding hydrogens is 367 g/mol. The Hall–Kier alpha value is -0.937. The Morgan fingerprint density at radius 3 is 2.17 bits per heavy atom. The molecule has 0 fully saturated rings. The summed E-state index contributed by atoms with van der Waals surface area (Å²) >= 11 is 0. The summed E-state index contributed by atoms with van der Waals surface area (Å²) in [6.45, 7) is 13.4. The first-order valence-electron chi connectivity index (χ1n) is 8.85. The SMILES string of the molecule is CCCc1c(C)c(C)c(C)[c-]1C.CCc1cc2ccccc2[cH-]1.[Zr+2]. The summed E-state index contributed by atoms with van der Waals surface area (Å²) in [6.07, 6.45) is 3.63. The van der Waals surface area contributed by atoms with Crippen LogP contribution in [-0.4, -0.2) is 0 Å². The van der Waals surface area contributed by atoms with Gasteiger partial charge < -0.3 is 0 Å². The zero-order chi connectivity index (χ0) is 17.0. The van der Waals surface area contributed by atoms with Crippen LogP contribution < -0.4 is 0 Å². The van der Waals surface area contributed by atoms with Crippen LogP contribution in [0.4, 0.5) is 0 Å². The molecule has 0 radical (unpaired) electrons. The first-order chi connectivity index (χ1) is 11.0. The molecule has 0 nitrogen and oxygen atoms in total. The van der Waals surface area contributed by atoms with Crippen molar-refractivity contribution in [1.29, 1.82) is 0 Å². The van der Waals surface area contributed by atoms with Gasteiger partial charge in [0.25, 0.3) is 0 Å². The Labute approximate surface area is 167 Å². The molecule has 3 aromatic rings. The van der Waals surface area contributed by atoms with Gasteiger partial charge in [-0.2, -0.15) is 33.9 Å². The minimum atomic E-state index is 0. The number of aryl methyl sites for hydroxylation is 1. The molecule has 1 heteroatoms. The van der Waals surface area contributed by atoms with Crippen LogP contribution in [0.5, 0.6) is 0 Å². The zero-order valence-electron chi connectivity index (χ0n) is 16.1. The van der Waals surface area contributed by atoms with Gasteiger partial charge in [-0.15, -0.1) is 40.6 Å². The van der Waals surface area contributed by atoms with Crippen molar-refractivity contribution in [3.8, 4) is 0 Å². The topological polar surface area (TPSA) is 0 Å². The maximum atomic E-state index is 2.26. The van der Waals surface area contributed by atoms with E-state index in [0.717, 1.165) is 6.42 Å². The Balaban J connectivity index is 0.000000231. The zero-order valence-corrected chi connectivity index (χ0v) is 18.5. The summed E-state index contributed by atoms with van der Waals surface area (Å²) in [4.78, 5) is 0. The second kappa shape index (κ2) is 9.52. The summed E-state index contributed by atoms with van der Waals surface area (Å²) in [5.41, 5.74) is 9.06. The van der Waals surface area contributed by atoms with E-state index in [2.05, 4.69) is 77.9 Å². The molecule has 0 unspecified atom stereocenters. The van der Waals surface area contributed by atoms with Crippen molar-refractivity contribution in [3.63, 3.8) is 0 Å². The van der Waals surface area contributed by atoms with Crippen LogP contribution in [0, 0.1) is 27.7 Å². The largest absolute Gasteiger partial charge is 2.00 e. The molecule has 0 bridgehead atoms. The van der Waals surface area contributed by atoms with Crippen LogP contribution in [0.2, 0.25) is 0 Å². The fourth-order valence-electron chi connectivity index (χ4n) is 3.34. The molecule has 0 aliphatic heterocycles. The molecular formula is C23H30Zr. The van der Waals surface area contributed by atoms with Gasteiger partial charge in [0.15, 0.2) is 0 Å². The Kier molecular flexibility index (Phi) is 8.37. The maximum Gasteiger partial charge on any atom is 2.00 e. The molecule has 0 heterocycles. The number of rotatable bonds is 3. The van der Waals surface area contributed by atoms with Crippen molar-refractivity contribution in [3.05, 3.63) is 69.8 Å². The van der Waals surface area contributed by atoms with E-state index in [1.807, 2.05) is 0 Å². The monoisotopic (exact) mass is 396 g/mol. The second-order valence-electron chi connectivity index (χ2n) is 6.57. The van der Waals surface area contributed by atoms with Crippen LogP contribution in [0.3, 0.4) is 0 Å². The quantitative estimate of drug-likeness (QED) is 0.431. The van der Waals surface area contributed by atoms with Crippen molar-refractivity contribution in [1.82, 2.24) is 0 Å². The van der Waals surface area contributed by atoms with Crippen LogP contribution in [0.15, 0.2) is 36.4 Å². The van der Waals surface area contributed by atoms with Crippen molar-refractivity contribution < 1.29 is 26.2 Å². The van der Waals surface area contributed by atoms with E-state index in [1.165, 1.54) is 51.4 Å². The average molecular weight is 398 g/mol. The molecule has 0 aromatic heterocycles. The number of hydrogen-bond donors (Lipinski definition) is 0. The average Bonchev–Trinajstić information content (AvgIpc) is 3.07. The third kappa shape index (κ3) is 4.57. The second-order valence-corrected chi connectivity index (χ2v) is 6.57. The molecule has 126 valence electrons. The van der Waals surface area contributed by atoms with Gasteiger partial charge in [-0.3, -0.25) is 0 Å². The van der Waals surface area contributed by atoms with Gasteiger partial charge in [0.05, 0.1) is 0 Å². The van der Waals surface area contributed by atoms with Crippen LogP contribution in [0.25, 0.3) is 10.8 Å². The molecule has 0 aliphatic carbocycles. The summed E-state index contributed by atoms with van der Waals surface area (Å²) < 4.78 is 0.